The number of nitrogens with one attached hydrogen (secondary N) is 2. The fourth-order valence-electron chi connectivity index (χ4n) is 3.11. The molecule has 8 heteroatoms. The van der Waals surface area contributed by atoms with E-state index in [1.165, 1.54) is 11.9 Å². The smallest absolute Gasteiger partial charge is 0.257 e. The summed E-state index contributed by atoms with van der Waals surface area (Å²) in [7, 11) is 1.43. The van der Waals surface area contributed by atoms with Gasteiger partial charge in [0.05, 0.1) is 6.54 Å². The minimum absolute atomic E-state index is 0.246. The zero-order valence-electron chi connectivity index (χ0n) is 18.0. The lowest BCUT2D eigenvalue weighted by atomic mass is 10.0. The molecule has 2 aromatic carbocycles. The number of hydrogen-bond acceptors (Lipinski definition) is 3. The Bertz CT molecular complexity index is 943. The normalized spacial score (nSPS) is 11.7. The van der Waals surface area contributed by atoms with Crippen molar-refractivity contribution in [2.24, 2.45) is 5.92 Å². The second-order valence-corrected chi connectivity index (χ2v) is 7.54. The number of para-hydroxylation sites is 1. The summed E-state index contributed by atoms with van der Waals surface area (Å²) >= 11 is 0. The van der Waals surface area contributed by atoms with Gasteiger partial charge in [0.1, 0.15) is 23.2 Å². The Morgan fingerprint density at radius 2 is 1.61 bits per heavy atom. The first-order valence-electron chi connectivity index (χ1n) is 10.0. The highest BCUT2D eigenvalue weighted by Crippen LogP contribution is 2.16. The maximum Gasteiger partial charge on any atom is 0.257 e. The third-order valence-corrected chi connectivity index (χ3v) is 4.84. The summed E-state index contributed by atoms with van der Waals surface area (Å²) < 4.78 is 27.8. The maximum absolute atomic E-state index is 13.9. The molecule has 0 aromatic heterocycles. The third kappa shape index (κ3) is 6.10. The van der Waals surface area contributed by atoms with E-state index in [1.54, 1.807) is 26.0 Å². The van der Waals surface area contributed by atoms with Crippen LogP contribution in [0.2, 0.25) is 0 Å². The summed E-state index contributed by atoms with van der Waals surface area (Å²) in [5.41, 5.74) is 0.876. The van der Waals surface area contributed by atoms with Crippen LogP contribution in [0.4, 0.5) is 14.5 Å². The molecule has 166 valence electrons. The average molecular weight is 431 g/mol. The molecule has 2 rings (SSSR count). The first-order chi connectivity index (χ1) is 14.6. The van der Waals surface area contributed by atoms with Crippen LogP contribution in [0.1, 0.15) is 36.7 Å². The lowest BCUT2D eigenvalue weighted by molar-refractivity contribution is -0.135. The highest BCUT2D eigenvalue weighted by Gasteiger charge is 2.30. The van der Waals surface area contributed by atoms with Gasteiger partial charge in [-0.1, -0.05) is 45.0 Å². The molecule has 2 aromatic rings. The quantitative estimate of drug-likeness (QED) is 0.673. The van der Waals surface area contributed by atoms with Gasteiger partial charge in [-0.15, -0.1) is 0 Å². The van der Waals surface area contributed by atoms with Gasteiger partial charge in [-0.3, -0.25) is 14.4 Å². The third-order valence-electron chi connectivity index (χ3n) is 4.84. The molecule has 0 aliphatic rings. The van der Waals surface area contributed by atoms with E-state index in [-0.39, 0.29) is 12.5 Å². The number of carbonyl (C=O) groups excluding carboxylic acids is 3. The van der Waals surface area contributed by atoms with Crippen LogP contribution in [0.5, 0.6) is 0 Å². The van der Waals surface area contributed by atoms with Crippen LogP contribution >= 0.6 is 0 Å². The van der Waals surface area contributed by atoms with Crippen molar-refractivity contribution < 1.29 is 23.2 Å². The first-order valence-corrected chi connectivity index (χ1v) is 10.0. The van der Waals surface area contributed by atoms with Crippen molar-refractivity contribution in [2.45, 2.75) is 33.2 Å². The molecule has 0 radical (unpaired) electrons. The average Bonchev–Trinajstić information content (AvgIpc) is 2.71. The second-order valence-electron chi connectivity index (χ2n) is 7.54. The number of likely N-dealkylation sites (N-methyl/N-ethyl adjacent to an activating group) is 1. The van der Waals surface area contributed by atoms with E-state index in [0.29, 0.717) is 5.69 Å². The van der Waals surface area contributed by atoms with Crippen molar-refractivity contribution in [1.29, 1.82) is 0 Å². The Morgan fingerprint density at radius 1 is 1.00 bits per heavy atom. The van der Waals surface area contributed by atoms with Crippen molar-refractivity contribution >= 4 is 23.4 Å². The fraction of sp³-hybridized carbons (Fsp3) is 0.348. The van der Waals surface area contributed by atoms with Gasteiger partial charge in [-0.2, -0.15) is 0 Å². The fourth-order valence-corrected chi connectivity index (χ4v) is 3.11. The second kappa shape index (κ2) is 10.7. The van der Waals surface area contributed by atoms with Gasteiger partial charge in [-0.25, -0.2) is 8.78 Å². The molecule has 6 nitrogen and oxygen atoms in total. The number of aryl methyl sites for hydroxylation is 1. The van der Waals surface area contributed by atoms with Crippen LogP contribution in [0.3, 0.4) is 0 Å². The minimum atomic E-state index is -1.06. The summed E-state index contributed by atoms with van der Waals surface area (Å²) in [6.07, 6.45) is 0.735. The monoisotopic (exact) mass is 431 g/mol. The molecule has 0 saturated heterocycles. The highest BCUT2D eigenvalue weighted by molar-refractivity contribution is 5.99. The molecule has 0 spiro atoms. The Morgan fingerprint density at radius 3 is 2.19 bits per heavy atom. The van der Waals surface area contributed by atoms with Gasteiger partial charge in [0.15, 0.2) is 0 Å². The Hall–Kier alpha value is -3.29. The molecule has 1 unspecified atom stereocenters. The number of benzene rings is 2. The Kier molecular flexibility index (Phi) is 8.24. The van der Waals surface area contributed by atoms with Crippen LogP contribution in [0.25, 0.3) is 0 Å². The van der Waals surface area contributed by atoms with E-state index in [1.807, 2.05) is 19.1 Å². The zero-order valence-corrected chi connectivity index (χ0v) is 18.0. The predicted molar refractivity (Wildman–Crippen MR) is 115 cm³/mol. The standard InChI is InChI=1S/C23H27F2N3O3/c1-5-15-9-6-7-12-18(15)26-19(29)13-28(4)23(31)21(14(2)3)27-22(30)20-16(24)10-8-11-17(20)25/h6-12,14,21H,5,13H2,1-4H3,(H,26,29)(H,27,30). The topological polar surface area (TPSA) is 78.5 Å². The van der Waals surface area contributed by atoms with Crippen LogP contribution in [0.15, 0.2) is 42.5 Å². The molecular weight excluding hydrogens is 404 g/mol. The van der Waals surface area contributed by atoms with Gasteiger partial charge < -0.3 is 15.5 Å². The van der Waals surface area contributed by atoms with Crippen molar-refractivity contribution in [3.05, 3.63) is 65.2 Å². The molecule has 0 fully saturated rings. The van der Waals surface area contributed by atoms with E-state index in [0.717, 1.165) is 30.2 Å². The number of carbonyl (C=O) groups is 3. The largest absolute Gasteiger partial charge is 0.340 e. The molecular formula is C23H27F2N3O3. The van der Waals surface area contributed by atoms with Crippen LogP contribution in [0, 0.1) is 17.6 Å². The number of nitrogens with zero attached hydrogens (tertiary/aromatic N) is 1. The molecule has 0 aliphatic carbocycles. The minimum Gasteiger partial charge on any atom is -0.340 e. The van der Waals surface area contributed by atoms with Crippen molar-refractivity contribution in [1.82, 2.24) is 10.2 Å². The van der Waals surface area contributed by atoms with E-state index >= 15 is 0 Å². The molecule has 0 aliphatic heterocycles. The zero-order chi connectivity index (χ0) is 23.1. The van der Waals surface area contributed by atoms with Crippen LogP contribution < -0.4 is 10.6 Å². The van der Waals surface area contributed by atoms with Crippen molar-refractivity contribution in [3.8, 4) is 0 Å². The summed E-state index contributed by atoms with van der Waals surface area (Å²) in [5.74, 6) is -4.38. The molecule has 2 N–H and O–H groups in total. The number of amides is 3. The number of halogens is 2. The summed E-state index contributed by atoms with van der Waals surface area (Å²) in [6, 6.07) is 9.37. The molecule has 1 atom stereocenters. The van der Waals surface area contributed by atoms with Gasteiger partial charge in [0.25, 0.3) is 5.91 Å². The van der Waals surface area contributed by atoms with Gasteiger partial charge in [0.2, 0.25) is 11.8 Å². The lowest BCUT2D eigenvalue weighted by Crippen LogP contribution is -2.51. The number of anilines is 1. The number of rotatable bonds is 8. The Labute approximate surface area is 180 Å². The van der Waals surface area contributed by atoms with E-state index in [4.69, 9.17) is 0 Å². The van der Waals surface area contributed by atoms with Gasteiger partial charge in [-0.05, 0) is 36.1 Å². The van der Waals surface area contributed by atoms with Crippen molar-refractivity contribution in [3.63, 3.8) is 0 Å². The van der Waals surface area contributed by atoms with Crippen LogP contribution in [-0.2, 0) is 16.0 Å². The molecule has 0 bridgehead atoms. The molecule has 3 amide bonds. The first kappa shape index (κ1) is 24.0. The molecule has 31 heavy (non-hydrogen) atoms. The Balaban J connectivity index is 2.08. The maximum atomic E-state index is 13.9. The predicted octanol–water partition coefficient (Wildman–Crippen LogP) is 3.38. The van der Waals surface area contributed by atoms with Crippen molar-refractivity contribution in [2.75, 3.05) is 18.9 Å². The van der Waals surface area contributed by atoms with E-state index < -0.39 is 41.0 Å². The van der Waals surface area contributed by atoms with Gasteiger partial charge in [0, 0.05) is 12.7 Å². The summed E-state index contributed by atoms with van der Waals surface area (Å²) in [6.45, 7) is 5.09. The lowest BCUT2D eigenvalue weighted by Gasteiger charge is -2.27. The highest BCUT2D eigenvalue weighted by atomic mass is 19.1. The van der Waals surface area contributed by atoms with E-state index in [9.17, 15) is 23.2 Å². The molecule has 0 saturated carbocycles. The summed E-state index contributed by atoms with van der Waals surface area (Å²) in [4.78, 5) is 38.9. The summed E-state index contributed by atoms with van der Waals surface area (Å²) in [5, 5.41) is 5.17. The SMILES string of the molecule is CCc1ccccc1NC(=O)CN(C)C(=O)C(NC(=O)c1c(F)cccc1F)C(C)C. The van der Waals surface area contributed by atoms with Gasteiger partial charge >= 0.3 is 0 Å². The number of hydrogen-bond donors (Lipinski definition) is 2. The van der Waals surface area contributed by atoms with E-state index in [2.05, 4.69) is 10.6 Å². The molecule has 0 heterocycles. The van der Waals surface area contributed by atoms with Crippen LogP contribution in [-0.4, -0.2) is 42.3 Å².